The molecule has 8 nitrogen and oxygen atoms in total. The third kappa shape index (κ3) is 4.09. The van der Waals surface area contributed by atoms with Gasteiger partial charge in [-0.25, -0.2) is 0 Å². The van der Waals surface area contributed by atoms with Crippen LogP contribution in [0.1, 0.15) is 19.8 Å². The maximum atomic E-state index is 12.4. The lowest BCUT2D eigenvalue weighted by molar-refractivity contribution is -0.141. The fourth-order valence-corrected chi connectivity index (χ4v) is 4.02. The molecule has 0 radical (unpaired) electrons. The lowest BCUT2D eigenvalue weighted by atomic mass is 10.3. The Morgan fingerprint density at radius 2 is 2.00 bits per heavy atom. The zero-order chi connectivity index (χ0) is 19.4. The van der Waals surface area contributed by atoms with Gasteiger partial charge in [0.1, 0.15) is 17.8 Å². The number of methoxy groups -OCH3 is 1. The Hall–Kier alpha value is -2.52. The fourth-order valence-electron chi connectivity index (χ4n) is 2.93. The monoisotopic (exact) mass is 391 g/mol. The van der Waals surface area contributed by atoms with Crippen molar-refractivity contribution in [3.05, 3.63) is 23.0 Å². The van der Waals surface area contributed by atoms with Crippen molar-refractivity contribution in [2.75, 3.05) is 26.9 Å². The number of para-hydroxylation sites is 1. The Balaban J connectivity index is 1.97. The van der Waals surface area contributed by atoms with Crippen molar-refractivity contribution in [3.63, 3.8) is 0 Å². The molecule has 27 heavy (non-hydrogen) atoms. The van der Waals surface area contributed by atoms with Crippen LogP contribution in [0.2, 0.25) is 0 Å². The predicted octanol–water partition coefficient (Wildman–Crippen LogP) is 1.32. The SMILES string of the molecule is CCOCCn1c(=NC(=O)CN2C(=O)CCC2=O)sc2cccc(OC)c21. The topological polar surface area (TPSA) is 90.2 Å². The minimum absolute atomic E-state index is 0.153. The Kier molecular flexibility index (Phi) is 6.02. The summed E-state index contributed by atoms with van der Waals surface area (Å²) in [6, 6.07) is 5.65. The lowest BCUT2D eigenvalue weighted by Crippen LogP contribution is -2.34. The summed E-state index contributed by atoms with van der Waals surface area (Å²) in [6.07, 6.45) is 0.307. The van der Waals surface area contributed by atoms with Crippen LogP contribution in [-0.2, 0) is 25.7 Å². The highest BCUT2D eigenvalue weighted by molar-refractivity contribution is 7.16. The highest BCUT2D eigenvalue weighted by atomic mass is 32.1. The van der Waals surface area contributed by atoms with Crippen LogP contribution < -0.4 is 9.54 Å². The van der Waals surface area contributed by atoms with Gasteiger partial charge < -0.3 is 14.0 Å². The summed E-state index contributed by atoms with van der Waals surface area (Å²) in [6.45, 7) is 3.14. The second kappa shape index (κ2) is 8.45. The van der Waals surface area contributed by atoms with Gasteiger partial charge in [0.2, 0.25) is 11.8 Å². The normalized spacial score (nSPS) is 15.2. The molecule has 0 aliphatic carbocycles. The summed E-state index contributed by atoms with van der Waals surface area (Å²) in [5.41, 5.74) is 0.838. The van der Waals surface area contributed by atoms with Crippen molar-refractivity contribution in [2.45, 2.75) is 26.3 Å². The fraction of sp³-hybridized carbons (Fsp3) is 0.444. The average molecular weight is 391 g/mol. The van der Waals surface area contributed by atoms with Gasteiger partial charge in [-0.3, -0.25) is 19.3 Å². The number of imide groups is 1. The van der Waals surface area contributed by atoms with E-state index in [-0.39, 0.29) is 31.2 Å². The first-order chi connectivity index (χ1) is 13.0. The number of ether oxygens (including phenoxy) is 2. The van der Waals surface area contributed by atoms with E-state index in [9.17, 15) is 14.4 Å². The molecule has 1 aromatic heterocycles. The van der Waals surface area contributed by atoms with E-state index in [1.165, 1.54) is 11.3 Å². The molecule has 1 aliphatic rings. The van der Waals surface area contributed by atoms with E-state index >= 15 is 0 Å². The highest BCUT2D eigenvalue weighted by Gasteiger charge is 2.30. The van der Waals surface area contributed by atoms with Crippen LogP contribution in [0.25, 0.3) is 10.2 Å². The minimum atomic E-state index is -0.533. The van der Waals surface area contributed by atoms with Crippen molar-refractivity contribution in [1.29, 1.82) is 0 Å². The summed E-state index contributed by atoms with van der Waals surface area (Å²) < 4.78 is 13.7. The van der Waals surface area contributed by atoms with E-state index in [1.54, 1.807) is 7.11 Å². The van der Waals surface area contributed by atoms with Gasteiger partial charge in [-0.2, -0.15) is 4.99 Å². The number of rotatable bonds is 7. The van der Waals surface area contributed by atoms with E-state index in [1.807, 2.05) is 29.7 Å². The maximum absolute atomic E-state index is 12.4. The highest BCUT2D eigenvalue weighted by Crippen LogP contribution is 2.27. The standard InChI is InChI=1S/C18H21N3O5S/c1-3-26-10-9-20-17-12(25-2)5-4-6-13(17)27-18(20)19-14(22)11-21-15(23)7-8-16(21)24/h4-6H,3,7-11H2,1-2H3. The maximum Gasteiger partial charge on any atom is 0.268 e. The molecule has 9 heteroatoms. The van der Waals surface area contributed by atoms with E-state index in [0.717, 1.165) is 15.1 Å². The Morgan fingerprint density at radius 3 is 2.67 bits per heavy atom. The summed E-state index contributed by atoms with van der Waals surface area (Å²) in [5, 5.41) is 0. The molecule has 3 rings (SSSR count). The number of amides is 3. The van der Waals surface area contributed by atoms with Crippen LogP contribution in [0, 0.1) is 0 Å². The van der Waals surface area contributed by atoms with E-state index in [0.29, 0.717) is 30.3 Å². The van der Waals surface area contributed by atoms with Crippen molar-refractivity contribution in [3.8, 4) is 5.75 Å². The second-order valence-corrected chi connectivity index (χ2v) is 6.93. The number of carbonyl (C=O) groups excluding carboxylic acids is 3. The van der Waals surface area contributed by atoms with Gasteiger partial charge in [0.25, 0.3) is 5.91 Å². The van der Waals surface area contributed by atoms with Crippen LogP contribution >= 0.6 is 11.3 Å². The lowest BCUT2D eigenvalue weighted by Gasteiger charge is -2.10. The van der Waals surface area contributed by atoms with Crippen molar-refractivity contribution >= 4 is 39.3 Å². The zero-order valence-electron chi connectivity index (χ0n) is 15.3. The third-order valence-corrected chi connectivity index (χ3v) is 5.26. The first kappa shape index (κ1) is 19.2. The van der Waals surface area contributed by atoms with Gasteiger partial charge in [0.05, 0.1) is 18.4 Å². The molecule has 0 bridgehead atoms. The number of nitrogens with zero attached hydrogens (tertiary/aromatic N) is 3. The van der Waals surface area contributed by atoms with Crippen LogP contribution in [0.5, 0.6) is 5.75 Å². The number of thiazole rings is 1. The van der Waals surface area contributed by atoms with Crippen LogP contribution in [0.4, 0.5) is 0 Å². The van der Waals surface area contributed by atoms with Gasteiger partial charge in [0.15, 0.2) is 4.80 Å². The molecule has 2 heterocycles. The Morgan fingerprint density at radius 1 is 1.26 bits per heavy atom. The van der Waals surface area contributed by atoms with Gasteiger partial charge >= 0.3 is 0 Å². The molecule has 0 N–H and O–H groups in total. The quantitative estimate of drug-likeness (QED) is 0.525. The number of benzene rings is 1. The molecule has 1 saturated heterocycles. The Labute approximate surface area is 160 Å². The molecule has 2 aromatic rings. The van der Waals surface area contributed by atoms with Gasteiger partial charge in [-0.05, 0) is 19.1 Å². The summed E-state index contributed by atoms with van der Waals surface area (Å²) in [5.74, 6) is -0.509. The van der Waals surface area contributed by atoms with Gasteiger partial charge in [-0.15, -0.1) is 0 Å². The number of carbonyl (C=O) groups is 3. The molecular weight excluding hydrogens is 370 g/mol. The van der Waals surface area contributed by atoms with Crippen LogP contribution in [0.3, 0.4) is 0 Å². The summed E-state index contributed by atoms with van der Waals surface area (Å²) >= 11 is 1.35. The van der Waals surface area contributed by atoms with Gasteiger partial charge in [0, 0.05) is 26.0 Å². The molecule has 1 fully saturated rings. The largest absolute Gasteiger partial charge is 0.495 e. The van der Waals surface area contributed by atoms with Crippen molar-refractivity contribution in [1.82, 2.24) is 9.47 Å². The first-order valence-corrected chi connectivity index (χ1v) is 9.51. The van der Waals surface area contributed by atoms with Crippen molar-refractivity contribution < 1.29 is 23.9 Å². The molecule has 0 atom stereocenters. The number of hydrogen-bond acceptors (Lipinski definition) is 6. The summed E-state index contributed by atoms with van der Waals surface area (Å²) in [4.78, 5) is 41.4. The van der Waals surface area contributed by atoms with E-state index in [4.69, 9.17) is 9.47 Å². The van der Waals surface area contributed by atoms with Crippen molar-refractivity contribution in [2.24, 2.45) is 4.99 Å². The number of likely N-dealkylation sites (tertiary alicyclic amines) is 1. The second-order valence-electron chi connectivity index (χ2n) is 5.92. The van der Waals surface area contributed by atoms with Gasteiger partial charge in [-0.1, -0.05) is 17.4 Å². The number of fused-ring (bicyclic) bond motifs is 1. The third-order valence-electron chi connectivity index (χ3n) is 4.22. The molecule has 1 aromatic carbocycles. The Bertz CT molecular complexity index is 930. The molecule has 3 amide bonds. The molecule has 0 spiro atoms. The summed E-state index contributed by atoms with van der Waals surface area (Å²) in [7, 11) is 1.59. The molecule has 0 saturated carbocycles. The predicted molar refractivity (Wildman–Crippen MR) is 99.4 cm³/mol. The van der Waals surface area contributed by atoms with E-state index < -0.39 is 5.91 Å². The van der Waals surface area contributed by atoms with Crippen LogP contribution in [-0.4, -0.2) is 54.1 Å². The molecular formula is C18H21N3O5S. The molecule has 1 aliphatic heterocycles. The molecule has 0 unspecified atom stereocenters. The zero-order valence-corrected chi connectivity index (χ0v) is 16.1. The first-order valence-electron chi connectivity index (χ1n) is 8.70. The number of hydrogen-bond donors (Lipinski definition) is 0. The minimum Gasteiger partial charge on any atom is -0.495 e. The van der Waals surface area contributed by atoms with E-state index in [2.05, 4.69) is 4.99 Å². The smallest absolute Gasteiger partial charge is 0.268 e. The average Bonchev–Trinajstić information content (AvgIpc) is 3.16. The van der Waals surface area contributed by atoms with Crippen LogP contribution in [0.15, 0.2) is 23.2 Å². The number of aromatic nitrogens is 1. The molecule has 144 valence electrons.